The van der Waals surface area contributed by atoms with Gasteiger partial charge in [-0.2, -0.15) is 4.31 Å². The van der Waals surface area contributed by atoms with Crippen LogP contribution in [-0.4, -0.2) is 118 Å². The van der Waals surface area contributed by atoms with Crippen molar-refractivity contribution in [1.82, 2.24) is 19.5 Å². The standard InChI is InChI=1S/C11H15N5O10P2.C5H10O5/c12-9-6-10(14-2-13-9)16(3-15-6)11-8(18)7(17)5(25-11)1-22-27(19,20)26-28(21)23-4-24-28;6-1-3(8)5(10)4(9)2-7/h2-3,5,7-8,11,17-18H,1,4H2,(H,19,20)(H2,12,13,14);1,3-5,7-10H,2H2/t5-,7-,8-,11-;/m1./s1. The lowest BCUT2D eigenvalue weighted by Gasteiger charge is -2.26. The molecule has 2 aliphatic rings. The number of phosphoric ester groups is 2. The minimum atomic E-state index is -4.85. The monoisotopic (exact) mass is 589 g/mol. The van der Waals surface area contributed by atoms with Crippen LogP contribution in [0, 0.1) is 0 Å². The molecule has 0 bridgehead atoms. The lowest BCUT2D eigenvalue weighted by Crippen LogP contribution is -2.40. The summed E-state index contributed by atoms with van der Waals surface area (Å²) in [5, 5.41) is 54.5. The minimum absolute atomic E-state index is 0.0869. The molecular weight excluding hydrogens is 564 g/mol. The third-order valence-corrected chi connectivity index (χ3v) is 8.04. The molecule has 2 aliphatic heterocycles. The summed E-state index contributed by atoms with van der Waals surface area (Å²) in [4.78, 5) is 31.2. The van der Waals surface area contributed by atoms with Crippen LogP contribution in [-0.2, 0) is 36.5 Å². The van der Waals surface area contributed by atoms with Crippen LogP contribution in [0.15, 0.2) is 12.7 Å². The molecule has 2 aromatic heterocycles. The molecule has 2 saturated heterocycles. The smallest absolute Gasteiger partial charge is 0.394 e. The minimum Gasteiger partial charge on any atom is -0.394 e. The summed E-state index contributed by atoms with van der Waals surface area (Å²) >= 11 is 0. The number of anilines is 1. The van der Waals surface area contributed by atoms with Gasteiger partial charge >= 0.3 is 15.6 Å². The number of imidazole rings is 1. The van der Waals surface area contributed by atoms with E-state index >= 15 is 0 Å². The molecule has 0 aromatic carbocycles. The van der Waals surface area contributed by atoms with Crippen LogP contribution < -0.4 is 5.73 Å². The van der Waals surface area contributed by atoms with E-state index in [1.165, 1.54) is 17.2 Å². The molecule has 0 radical (unpaired) electrons. The zero-order valence-electron chi connectivity index (χ0n) is 19.1. The molecule has 9 N–H and O–H groups in total. The van der Waals surface area contributed by atoms with Crippen LogP contribution in [0.2, 0.25) is 0 Å². The van der Waals surface area contributed by atoms with Crippen LogP contribution in [0.1, 0.15) is 6.23 Å². The summed E-state index contributed by atoms with van der Waals surface area (Å²) in [7, 11) is -8.96. The van der Waals surface area contributed by atoms with E-state index < -0.39 is 71.7 Å². The number of fused-ring (bicyclic) bond motifs is 1. The maximum atomic E-state index is 11.8. The number of aldehydes is 1. The first-order valence-corrected chi connectivity index (χ1v) is 13.4. The summed E-state index contributed by atoms with van der Waals surface area (Å²) in [6.07, 6.45) is -7.46. The number of phosphoric acid groups is 2. The van der Waals surface area contributed by atoms with E-state index in [4.69, 9.17) is 30.9 Å². The van der Waals surface area contributed by atoms with Gasteiger partial charge in [0.05, 0.1) is 19.5 Å². The highest BCUT2D eigenvalue weighted by atomic mass is 31.3. The van der Waals surface area contributed by atoms with Crippen molar-refractivity contribution in [1.29, 1.82) is 0 Å². The normalized spacial score (nSPS) is 28.4. The fraction of sp³-hybridized carbons (Fsp3) is 0.625. The third-order valence-electron chi connectivity index (χ3n) is 5.10. The number of carbonyl (C=O) groups excluding carboxylic acids is 1. The Labute approximate surface area is 212 Å². The van der Waals surface area contributed by atoms with Crippen molar-refractivity contribution in [3.05, 3.63) is 12.7 Å². The number of nitrogens with zero attached hydrogens (tertiary/aromatic N) is 4. The van der Waals surface area contributed by atoms with Gasteiger partial charge in [-0.3, -0.25) is 18.1 Å². The molecule has 0 aliphatic carbocycles. The van der Waals surface area contributed by atoms with Gasteiger partial charge in [-0.05, 0) is 0 Å². The van der Waals surface area contributed by atoms with E-state index in [9.17, 15) is 29.0 Å². The Bertz CT molecular complexity index is 1190. The molecule has 0 saturated carbocycles. The van der Waals surface area contributed by atoms with E-state index in [2.05, 4.69) is 32.8 Å². The van der Waals surface area contributed by atoms with Crippen molar-refractivity contribution in [2.45, 2.75) is 42.9 Å². The Morgan fingerprint density at radius 1 is 1.24 bits per heavy atom. The van der Waals surface area contributed by atoms with E-state index in [1.54, 1.807) is 0 Å². The number of aliphatic hydroxyl groups is 6. The first-order chi connectivity index (χ1) is 17.8. The number of aliphatic hydroxyl groups excluding tert-OH is 6. The van der Waals surface area contributed by atoms with Crippen LogP contribution in [0.25, 0.3) is 11.2 Å². The Morgan fingerprint density at radius 2 is 1.92 bits per heavy atom. The van der Waals surface area contributed by atoms with Crippen LogP contribution in [0.4, 0.5) is 5.82 Å². The molecule has 22 heteroatoms. The maximum absolute atomic E-state index is 11.8. The average Bonchev–Trinajstić information content (AvgIpc) is 3.42. The molecule has 214 valence electrons. The number of nitrogen functional groups attached to an aromatic ring is 1. The SMILES string of the molecule is Nc1ncnc2c1ncn2[C@@H]1O[C@H](COP(=O)(O)OP2(=O)OCO2)[C@@H](O)[C@H]1O.O=CC(O)C(O)C(O)CO. The molecule has 0 spiro atoms. The van der Waals surface area contributed by atoms with Crippen molar-refractivity contribution < 1.29 is 72.1 Å². The molecule has 4 heterocycles. The predicted octanol–water partition coefficient (Wildman–Crippen LogP) is -3.47. The summed E-state index contributed by atoms with van der Waals surface area (Å²) in [6.45, 7) is -1.71. The van der Waals surface area contributed by atoms with Crippen LogP contribution >= 0.6 is 15.6 Å². The van der Waals surface area contributed by atoms with Gasteiger partial charge in [-0.1, -0.05) is 0 Å². The van der Waals surface area contributed by atoms with E-state index in [0.717, 1.165) is 0 Å². The van der Waals surface area contributed by atoms with Gasteiger partial charge < -0.3 is 50.8 Å². The van der Waals surface area contributed by atoms with Gasteiger partial charge in [-0.25, -0.2) is 24.1 Å². The zero-order chi connectivity index (χ0) is 28.3. The van der Waals surface area contributed by atoms with Crippen LogP contribution in [0.3, 0.4) is 0 Å². The Balaban J connectivity index is 0.000000342. The topological polar surface area (TPSA) is 309 Å². The molecular formula is C16H25N5O15P2. The second kappa shape index (κ2) is 12.5. The summed E-state index contributed by atoms with van der Waals surface area (Å²) in [6, 6.07) is 0. The summed E-state index contributed by atoms with van der Waals surface area (Å²) in [5.41, 5.74) is 6.22. The molecule has 38 heavy (non-hydrogen) atoms. The van der Waals surface area contributed by atoms with Crippen molar-refractivity contribution in [2.24, 2.45) is 0 Å². The van der Waals surface area contributed by atoms with Crippen molar-refractivity contribution in [3.63, 3.8) is 0 Å². The lowest BCUT2D eigenvalue weighted by atomic mass is 10.1. The quantitative estimate of drug-likeness (QED) is 0.0985. The molecule has 2 aromatic rings. The molecule has 2 fully saturated rings. The molecule has 20 nitrogen and oxygen atoms in total. The van der Waals surface area contributed by atoms with Gasteiger partial charge in [0.1, 0.15) is 48.5 Å². The van der Waals surface area contributed by atoms with Gasteiger partial charge in [-0.15, -0.1) is 0 Å². The fourth-order valence-electron chi connectivity index (χ4n) is 3.07. The number of nitrogens with two attached hydrogens (primary N) is 1. The largest absolute Gasteiger partial charge is 0.488 e. The Morgan fingerprint density at radius 3 is 2.50 bits per heavy atom. The van der Waals surface area contributed by atoms with Crippen molar-refractivity contribution in [3.8, 4) is 0 Å². The van der Waals surface area contributed by atoms with Gasteiger partial charge in [0.15, 0.2) is 30.8 Å². The van der Waals surface area contributed by atoms with Gasteiger partial charge in [0.25, 0.3) is 0 Å². The number of hydrogen-bond acceptors (Lipinski definition) is 18. The summed E-state index contributed by atoms with van der Waals surface area (Å²) < 4.78 is 48.0. The first-order valence-electron chi connectivity index (χ1n) is 10.4. The van der Waals surface area contributed by atoms with Gasteiger partial charge in [0.2, 0.25) is 0 Å². The van der Waals surface area contributed by atoms with Crippen molar-refractivity contribution in [2.75, 3.05) is 25.7 Å². The van der Waals surface area contributed by atoms with Crippen LogP contribution in [0.5, 0.6) is 0 Å². The van der Waals surface area contributed by atoms with E-state index in [1.807, 2.05) is 0 Å². The highest BCUT2D eigenvalue weighted by Crippen LogP contribution is 2.67. The van der Waals surface area contributed by atoms with E-state index in [-0.39, 0.29) is 30.1 Å². The van der Waals surface area contributed by atoms with Gasteiger partial charge in [0, 0.05) is 0 Å². The molecule has 4 unspecified atom stereocenters. The lowest BCUT2D eigenvalue weighted by molar-refractivity contribution is -0.127. The summed E-state index contributed by atoms with van der Waals surface area (Å²) in [5.74, 6) is 0.116. The second-order valence-corrected chi connectivity index (χ2v) is 10.9. The number of hydrogen-bond donors (Lipinski definition) is 8. The number of aromatic nitrogens is 4. The maximum Gasteiger partial charge on any atom is 0.488 e. The fourth-order valence-corrected chi connectivity index (χ4v) is 5.26. The first kappa shape index (κ1) is 30.5. The Hall–Kier alpha value is -2.00. The zero-order valence-corrected chi connectivity index (χ0v) is 20.8. The molecule has 0 amide bonds. The third kappa shape index (κ3) is 6.95. The molecule has 8 atom stereocenters. The highest BCUT2D eigenvalue weighted by Gasteiger charge is 2.48. The number of ether oxygens (including phenoxy) is 1. The Kier molecular flexibility index (Phi) is 10.0. The highest BCUT2D eigenvalue weighted by molar-refractivity contribution is 7.62. The molecule has 4 rings (SSSR count). The van der Waals surface area contributed by atoms with Crippen molar-refractivity contribution >= 4 is 38.9 Å². The number of carbonyl (C=O) groups is 1. The predicted molar refractivity (Wildman–Crippen MR) is 118 cm³/mol. The number of rotatable bonds is 10. The van der Waals surface area contributed by atoms with E-state index in [0.29, 0.717) is 0 Å². The second-order valence-electron chi connectivity index (χ2n) is 7.67. The average molecular weight is 589 g/mol.